The number of halogens is 4. The van der Waals surface area contributed by atoms with E-state index in [9.17, 15) is 26.0 Å². The molecule has 0 aliphatic heterocycles. The van der Waals surface area contributed by atoms with E-state index in [0.29, 0.717) is 5.56 Å². The van der Waals surface area contributed by atoms with Crippen LogP contribution in [0.3, 0.4) is 0 Å². The summed E-state index contributed by atoms with van der Waals surface area (Å²) in [6, 6.07) is 5.85. The van der Waals surface area contributed by atoms with Gasteiger partial charge in [0.2, 0.25) is 11.6 Å². The average Bonchev–Trinajstić information content (AvgIpc) is 2.45. The summed E-state index contributed by atoms with van der Waals surface area (Å²) in [5.74, 6) is -9.34. The second-order valence-corrected chi connectivity index (χ2v) is 6.21. The second-order valence-electron chi connectivity index (χ2n) is 4.59. The van der Waals surface area contributed by atoms with Crippen molar-refractivity contribution in [2.45, 2.75) is 11.8 Å². The topological polar surface area (TPSA) is 55.4 Å². The molecule has 2 rings (SSSR count). The molecule has 2 aromatic rings. The molecule has 0 amide bonds. The number of nitrogens with one attached hydrogen (secondary N) is 1. The number of ether oxygens (including phenoxy) is 1. The Hall–Kier alpha value is -2.29. The Balaban J connectivity index is 2.61. The van der Waals surface area contributed by atoms with E-state index in [-0.39, 0.29) is 5.69 Å². The minimum Gasteiger partial charge on any atom is -0.491 e. The number of hydrogen-bond acceptors (Lipinski definition) is 3. The van der Waals surface area contributed by atoms with Gasteiger partial charge in [0.15, 0.2) is 22.3 Å². The molecule has 9 heteroatoms. The van der Waals surface area contributed by atoms with Crippen molar-refractivity contribution in [3.05, 3.63) is 53.1 Å². The summed E-state index contributed by atoms with van der Waals surface area (Å²) in [6.07, 6.45) is 0. The molecule has 0 unspecified atom stereocenters. The van der Waals surface area contributed by atoms with Crippen LogP contribution in [0, 0.1) is 30.2 Å². The van der Waals surface area contributed by atoms with Gasteiger partial charge in [-0.3, -0.25) is 4.72 Å². The van der Waals surface area contributed by atoms with Gasteiger partial charge in [0.25, 0.3) is 10.0 Å². The number of anilines is 1. The zero-order chi connectivity index (χ0) is 17.4. The normalized spacial score (nSPS) is 11.4. The average molecular weight is 349 g/mol. The Morgan fingerprint density at radius 1 is 1.00 bits per heavy atom. The van der Waals surface area contributed by atoms with Gasteiger partial charge in [0.05, 0.1) is 7.11 Å². The van der Waals surface area contributed by atoms with Gasteiger partial charge in [0, 0.05) is 5.69 Å². The Morgan fingerprint density at radius 3 is 2.04 bits per heavy atom. The van der Waals surface area contributed by atoms with Crippen molar-refractivity contribution < 1.29 is 30.7 Å². The molecular formula is C14H11F4NO3S. The third-order valence-electron chi connectivity index (χ3n) is 2.93. The largest absolute Gasteiger partial charge is 0.491 e. The molecular weight excluding hydrogens is 338 g/mol. The molecule has 1 N–H and O–H groups in total. The highest BCUT2D eigenvalue weighted by Crippen LogP contribution is 2.33. The zero-order valence-corrected chi connectivity index (χ0v) is 12.8. The fraction of sp³-hybridized carbons (Fsp3) is 0.143. The van der Waals surface area contributed by atoms with Crippen LogP contribution in [-0.2, 0) is 10.0 Å². The number of benzene rings is 2. The van der Waals surface area contributed by atoms with Gasteiger partial charge >= 0.3 is 0 Å². The highest BCUT2D eigenvalue weighted by molar-refractivity contribution is 7.92. The van der Waals surface area contributed by atoms with E-state index in [0.717, 1.165) is 7.11 Å². The molecule has 0 radical (unpaired) electrons. The van der Waals surface area contributed by atoms with Gasteiger partial charge < -0.3 is 4.74 Å². The van der Waals surface area contributed by atoms with E-state index in [2.05, 4.69) is 4.74 Å². The van der Waals surface area contributed by atoms with E-state index in [1.807, 2.05) is 4.72 Å². The summed E-state index contributed by atoms with van der Waals surface area (Å²) in [5, 5.41) is 0. The lowest BCUT2D eigenvalue weighted by Crippen LogP contribution is -2.19. The molecule has 0 spiro atoms. The standard InChI is InChI=1S/C14H11F4NO3S/c1-7-4-3-5-8(6-7)19-23(20,21)14-11(17)9(15)13(22-2)10(16)12(14)18/h3-6,19H,1-2H3. The molecule has 0 aliphatic rings. The van der Waals surface area contributed by atoms with E-state index in [4.69, 9.17) is 0 Å². The maximum absolute atomic E-state index is 13.9. The van der Waals surface area contributed by atoms with Crippen molar-refractivity contribution in [3.63, 3.8) is 0 Å². The predicted octanol–water partition coefficient (Wildman–Crippen LogP) is 3.36. The first kappa shape index (κ1) is 17.1. The molecule has 124 valence electrons. The summed E-state index contributed by atoms with van der Waals surface area (Å²) in [7, 11) is -4.11. The van der Waals surface area contributed by atoms with Crippen LogP contribution in [-0.4, -0.2) is 15.5 Å². The molecule has 23 heavy (non-hydrogen) atoms. The summed E-state index contributed by atoms with van der Waals surface area (Å²) >= 11 is 0. The van der Waals surface area contributed by atoms with Gasteiger partial charge in [-0.1, -0.05) is 12.1 Å². The van der Waals surface area contributed by atoms with Crippen molar-refractivity contribution in [2.24, 2.45) is 0 Å². The lowest BCUT2D eigenvalue weighted by atomic mass is 10.2. The number of methoxy groups -OCH3 is 1. The molecule has 0 heterocycles. The van der Waals surface area contributed by atoms with Crippen LogP contribution in [0.2, 0.25) is 0 Å². The van der Waals surface area contributed by atoms with Crippen LogP contribution in [0.5, 0.6) is 5.75 Å². The lowest BCUT2D eigenvalue weighted by Gasteiger charge is -2.13. The third-order valence-corrected chi connectivity index (χ3v) is 4.33. The summed E-state index contributed by atoms with van der Waals surface area (Å²) in [4.78, 5) is -1.75. The summed E-state index contributed by atoms with van der Waals surface area (Å²) in [6.45, 7) is 1.66. The van der Waals surface area contributed by atoms with Crippen LogP contribution >= 0.6 is 0 Å². The Labute approximate surface area is 129 Å². The van der Waals surface area contributed by atoms with Crippen LogP contribution in [0.1, 0.15) is 5.56 Å². The lowest BCUT2D eigenvalue weighted by molar-refractivity contribution is 0.322. The maximum atomic E-state index is 13.9. The molecule has 0 saturated carbocycles. The highest BCUT2D eigenvalue weighted by Gasteiger charge is 2.33. The van der Waals surface area contributed by atoms with Crippen molar-refractivity contribution in [1.82, 2.24) is 0 Å². The minimum absolute atomic E-state index is 0.0135. The molecule has 0 bridgehead atoms. The van der Waals surface area contributed by atoms with Crippen molar-refractivity contribution in [1.29, 1.82) is 0 Å². The van der Waals surface area contributed by atoms with Crippen molar-refractivity contribution in [2.75, 3.05) is 11.8 Å². The third kappa shape index (κ3) is 3.09. The van der Waals surface area contributed by atoms with Crippen LogP contribution in [0.25, 0.3) is 0 Å². The number of sulfonamides is 1. The smallest absolute Gasteiger partial charge is 0.267 e. The van der Waals surface area contributed by atoms with Gasteiger partial charge in [-0.05, 0) is 24.6 Å². The molecule has 0 atom stereocenters. The summed E-state index contributed by atoms with van der Waals surface area (Å²) < 4.78 is 85.3. The first-order chi connectivity index (χ1) is 10.7. The van der Waals surface area contributed by atoms with Crippen LogP contribution in [0.4, 0.5) is 23.2 Å². The number of aryl methyl sites for hydroxylation is 1. The summed E-state index contributed by atoms with van der Waals surface area (Å²) in [5.41, 5.74) is 0.652. The van der Waals surface area contributed by atoms with E-state index < -0.39 is 43.9 Å². The molecule has 0 aromatic heterocycles. The zero-order valence-electron chi connectivity index (χ0n) is 12.0. The SMILES string of the molecule is COc1c(F)c(F)c(S(=O)(=O)Nc2cccc(C)c2)c(F)c1F. The molecule has 0 saturated heterocycles. The van der Waals surface area contributed by atoms with Gasteiger partial charge in [-0.15, -0.1) is 0 Å². The number of hydrogen-bond donors (Lipinski definition) is 1. The van der Waals surface area contributed by atoms with E-state index in [1.165, 1.54) is 18.2 Å². The Bertz CT molecular complexity index is 840. The van der Waals surface area contributed by atoms with Gasteiger partial charge in [-0.25, -0.2) is 17.2 Å². The minimum atomic E-state index is -4.90. The van der Waals surface area contributed by atoms with Gasteiger partial charge in [-0.2, -0.15) is 8.78 Å². The van der Waals surface area contributed by atoms with Crippen LogP contribution in [0.15, 0.2) is 29.2 Å². The Kier molecular flexibility index (Phi) is 4.51. The second kappa shape index (κ2) is 6.07. The van der Waals surface area contributed by atoms with Gasteiger partial charge in [0.1, 0.15) is 0 Å². The number of rotatable bonds is 4. The van der Waals surface area contributed by atoms with E-state index in [1.54, 1.807) is 13.0 Å². The van der Waals surface area contributed by atoms with Crippen molar-refractivity contribution in [3.8, 4) is 5.75 Å². The fourth-order valence-electron chi connectivity index (χ4n) is 1.92. The Morgan fingerprint density at radius 2 is 1.57 bits per heavy atom. The van der Waals surface area contributed by atoms with Crippen molar-refractivity contribution >= 4 is 15.7 Å². The predicted molar refractivity (Wildman–Crippen MR) is 74.8 cm³/mol. The molecule has 0 aliphatic carbocycles. The van der Waals surface area contributed by atoms with E-state index >= 15 is 0 Å². The molecule has 4 nitrogen and oxygen atoms in total. The molecule has 0 fully saturated rings. The molecule has 2 aromatic carbocycles. The maximum Gasteiger partial charge on any atom is 0.267 e. The highest BCUT2D eigenvalue weighted by atomic mass is 32.2. The monoisotopic (exact) mass is 349 g/mol. The quantitative estimate of drug-likeness (QED) is 0.680. The first-order valence-electron chi connectivity index (χ1n) is 6.18. The van der Waals surface area contributed by atoms with Crippen LogP contribution < -0.4 is 9.46 Å². The first-order valence-corrected chi connectivity index (χ1v) is 7.66. The fourth-order valence-corrected chi connectivity index (χ4v) is 3.11.